The van der Waals surface area contributed by atoms with Crippen LogP contribution in [0.3, 0.4) is 0 Å². The second-order valence-electron chi connectivity index (χ2n) is 6.88. The van der Waals surface area contributed by atoms with E-state index in [2.05, 4.69) is 15.2 Å². The Hall–Kier alpha value is -3.24. The van der Waals surface area contributed by atoms with Crippen LogP contribution in [0, 0.1) is 13.8 Å². The van der Waals surface area contributed by atoms with E-state index < -0.39 is 15.9 Å². The van der Waals surface area contributed by atoms with E-state index in [1.807, 2.05) is 0 Å². The van der Waals surface area contributed by atoms with Crippen LogP contribution in [0.1, 0.15) is 27.4 Å². The fraction of sp³-hybridized carbons (Fsp3) is 0.238. The molecule has 32 heavy (non-hydrogen) atoms. The van der Waals surface area contributed by atoms with Crippen molar-refractivity contribution in [1.82, 2.24) is 10.5 Å². The molecular formula is C21H22ClN3O6S. The minimum atomic E-state index is -4.06. The molecule has 0 aliphatic carbocycles. The number of carbonyl (C=O) groups excluding carboxylic acids is 1. The number of halogens is 1. The normalized spacial score (nSPS) is 11.2. The van der Waals surface area contributed by atoms with E-state index in [9.17, 15) is 13.2 Å². The average molecular weight is 480 g/mol. The predicted octanol–water partition coefficient (Wildman–Crippen LogP) is 3.69. The van der Waals surface area contributed by atoms with Crippen LogP contribution in [0.15, 0.2) is 45.8 Å². The number of hydrogen-bond acceptors (Lipinski definition) is 7. The molecule has 0 bridgehead atoms. The Bertz CT molecular complexity index is 1260. The van der Waals surface area contributed by atoms with Crippen molar-refractivity contribution in [2.45, 2.75) is 25.3 Å². The van der Waals surface area contributed by atoms with Crippen LogP contribution >= 0.6 is 11.6 Å². The number of rotatable bonds is 8. The Morgan fingerprint density at radius 2 is 1.81 bits per heavy atom. The van der Waals surface area contributed by atoms with Crippen molar-refractivity contribution in [1.29, 1.82) is 0 Å². The van der Waals surface area contributed by atoms with E-state index in [1.165, 1.54) is 38.5 Å². The van der Waals surface area contributed by atoms with Gasteiger partial charge in [-0.1, -0.05) is 22.8 Å². The molecule has 0 atom stereocenters. The maximum atomic E-state index is 13.0. The van der Waals surface area contributed by atoms with Crippen molar-refractivity contribution in [2.24, 2.45) is 0 Å². The maximum absolute atomic E-state index is 13.0. The third kappa shape index (κ3) is 5.14. The van der Waals surface area contributed by atoms with Gasteiger partial charge in [0.2, 0.25) is 0 Å². The van der Waals surface area contributed by atoms with Crippen molar-refractivity contribution in [3.05, 3.63) is 64.0 Å². The Balaban J connectivity index is 1.86. The Labute approximate surface area is 190 Å². The first-order valence-corrected chi connectivity index (χ1v) is 11.3. The minimum absolute atomic E-state index is 0.0977. The number of benzene rings is 2. The SMILES string of the molecule is COc1cc(OC)c(NS(=O)(=O)c2ccc(C)c(C(=O)NCc3cc(C)on3)c2)cc1Cl. The van der Waals surface area contributed by atoms with E-state index >= 15 is 0 Å². The molecule has 1 heterocycles. The molecule has 11 heteroatoms. The molecular weight excluding hydrogens is 458 g/mol. The van der Waals surface area contributed by atoms with Gasteiger partial charge in [0.05, 0.1) is 36.4 Å². The third-order valence-electron chi connectivity index (χ3n) is 4.59. The lowest BCUT2D eigenvalue weighted by Crippen LogP contribution is -2.24. The first kappa shape index (κ1) is 23.4. The van der Waals surface area contributed by atoms with Gasteiger partial charge < -0.3 is 19.3 Å². The molecule has 0 aliphatic rings. The van der Waals surface area contributed by atoms with Crippen molar-refractivity contribution >= 4 is 33.2 Å². The van der Waals surface area contributed by atoms with Gasteiger partial charge in [0, 0.05) is 17.7 Å². The summed E-state index contributed by atoms with van der Waals surface area (Å²) in [6.45, 7) is 3.60. The molecule has 9 nitrogen and oxygen atoms in total. The smallest absolute Gasteiger partial charge is 0.262 e. The third-order valence-corrected chi connectivity index (χ3v) is 6.25. The number of hydrogen-bond donors (Lipinski definition) is 2. The largest absolute Gasteiger partial charge is 0.495 e. The summed E-state index contributed by atoms with van der Waals surface area (Å²) in [5.74, 6) is 0.745. The molecule has 3 rings (SSSR count). The van der Waals surface area contributed by atoms with Gasteiger partial charge in [0.1, 0.15) is 23.0 Å². The van der Waals surface area contributed by atoms with Crippen molar-refractivity contribution in [3.63, 3.8) is 0 Å². The minimum Gasteiger partial charge on any atom is -0.495 e. The van der Waals surface area contributed by atoms with Crippen LogP contribution < -0.4 is 19.5 Å². The zero-order valence-corrected chi connectivity index (χ0v) is 19.4. The highest BCUT2D eigenvalue weighted by molar-refractivity contribution is 7.92. The molecule has 1 aromatic heterocycles. The lowest BCUT2D eigenvalue weighted by molar-refractivity contribution is 0.0949. The van der Waals surface area contributed by atoms with Gasteiger partial charge >= 0.3 is 0 Å². The van der Waals surface area contributed by atoms with E-state index in [1.54, 1.807) is 26.0 Å². The standard InChI is InChI=1S/C21H22ClN3O6S/c1-12-5-6-15(8-16(12)21(26)23-11-14-7-13(2)31-24-14)32(27,28)25-18-9-17(22)19(29-3)10-20(18)30-4/h5-10,25H,11H2,1-4H3,(H,23,26). The molecule has 0 unspecified atom stereocenters. The lowest BCUT2D eigenvalue weighted by atomic mass is 10.1. The number of aromatic nitrogens is 1. The molecule has 3 aromatic rings. The van der Waals surface area contributed by atoms with Crippen molar-refractivity contribution in [2.75, 3.05) is 18.9 Å². The summed E-state index contributed by atoms with van der Waals surface area (Å²) in [7, 11) is -1.22. The first-order valence-electron chi connectivity index (χ1n) is 9.40. The average Bonchev–Trinajstić information content (AvgIpc) is 3.17. The predicted molar refractivity (Wildman–Crippen MR) is 119 cm³/mol. The molecule has 1 amide bonds. The first-order chi connectivity index (χ1) is 15.1. The number of nitrogens with one attached hydrogen (secondary N) is 2. The summed E-state index contributed by atoms with van der Waals surface area (Å²) in [5, 5.41) is 6.73. The number of anilines is 1. The van der Waals surface area contributed by atoms with Crippen LogP contribution in [-0.2, 0) is 16.6 Å². The molecule has 0 aliphatic heterocycles. The lowest BCUT2D eigenvalue weighted by Gasteiger charge is -2.15. The Morgan fingerprint density at radius 3 is 2.44 bits per heavy atom. The van der Waals surface area contributed by atoms with Gasteiger partial charge in [-0.25, -0.2) is 8.42 Å². The highest BCUT2D eigenvalue weighted by Crippen LogP contribution is 2.37. The van der Waals surface area contributed by atoms with Gasteiger partial charge in [-0.2, -0.15) is 0 Å². The van der Waals surface area contributed by atoms with Crippen LogP contribution in [0.4, 0.5) is 5.69 Å². The molecule has 0 fully saturated rings. The number of amides is 1. The zero-order valence-electron chi connectivity index (χ0n) is 17.9. The van der Waals surface area contributed by atoms with Crippen molar-refractivity contribution in [3.8, 4) is 11.5 Å². The topological polar surface area (TPSA) is 120 Å². The van der Waals surface area contributed by atoms with Crippen LogP contribution in [0.5, 0.6) is 11.5 Å². The highest BCUT2D eigenvalue weighted by Gasteiger charge is 2.21. The Kier molecular flexibility index (Phi) is 6.95. The number of aryl methyl sites for hydroxylation is 2. The van der Waals surface area contributed by atoms with E-state index in [4.69, 9.17) is 25.6 Å². The summed E-state index contributed by atoms with van der Waals surface area (Å²) in [6.07, 6.45) is 0. The number of ether oxygens (including phenoxy) is 2. The second kappa shape index (κ2) is 9.49. The van der Waals surface area contributed by atoms with Crippen LogP contribution in [0.25, 0.3) is 0 Å². The summed E-state index contributed by atoms with van der Waals surface area (Å²) < 4.78 is 43.8. The molecule has 2 aromatic carbocycles. The summed E-state index contributed by atoms with van der Waals surface area (Å²) >= 11 is 6.13. The summed E-state index contributed by atoms with van der Waals surface area (Å²) in [5.41, 5.74) is 1.52. The van der Waals surface area contributed by atoms with E-state index in [0.29, 0.717) is 22.8 Å². The van der Waals surface area contributed by atoms with E-state index in [0.717, 1.165) is 0 Å². The van der Waals surface area contributed by atoms with Gasteiger partial charge in [-0.3, -0.25) is 9.52 Å². The monoisotopic (exact) mass is 479 g/mol. The van der Waals surface area contributed by atoms with Crippen molar-refractivity contribution < 1.29 is 27.2 Å². The second-order valence-corrected chi connectivity index (χ2v) is 8.97. The molecule has 0 radical (unpaired) electrons. The van der Waals surface area contributed by atoms with Gasteiger partial charge in [0.25, 0.3) is 15.9 Å². The molecule has 170 valence electrons. The Morgan fingerprint density at radius 1 is 1.09 bits per heavy atom. The van der Waals surface area contributed by atoms with E-state index in [-0.39, 0.29) is 33.5 Å². The highest BCUT2D eigenvalue weighted by atomic mass is 35.5. The summed E-state index contributed by atoms with van der Waals surface area (Å²) in [6, 6.07) is 8.83. The molecule has 0 spiro atoms. The van der Waals surface area contributed by atoms with Gasteiger partial charge in [0.15, 0.2) is 0 Å². The molecule has 0 saturated carbocycles. The molecule has 0 saturated heterocycles. The maximum Gasteiger partial charge on any atom is 0.262 e. The van der Waals surface area contributed by atoms with Gasteiger partial charge in [-0.05, 0) is 37.6 Å². The number of sulfonamides is 1. The quantitative estimate of drug-likeness (QED) is 0.505. The zero-order chi connectivity index (χ0) is 23.5. The number of methoxy groups -OCH3 is 2. The number of nitrogens with zero attached hydrogens (tertiary/aromatic N) is 1. The summed E-state index contributed by atoms with van der Waals surface area (Å²) in [4.78, 5) is 12.6. The number of carbonyl (C=O) groups is 1. The fourth-order valence-corrected chi connectivity index (χ4v) is 4.25. The van der Waals surface area contributed by atoms with Crippen LogP contribution in [-0.4, -0.2) is 33.7 Å². The molecule has 2 N–H and O–H groups in total. The fourth-order valence-electron chi connectivity index (χ4n) is 2.92. The van der Waals surface area contributed by atoms with Gasteiger partial charge in [-0.15, -0.1) is 0 Å². The van der Waals surface area contributed by atoms with Crippen LogP contribution in [0.2, 0.25) is 5.02 Å².